The third-order valence-corrected chi connectivity index (χ3v) is 9.31. The summed E-state index contributed by atoms with van der Waals surface area (Å²) in [6.07, 6.45) is 0. The molecule has 0 aliphatic carbocycles. The van der Waals surface area contributed by atoms with Crippen molar-refractivity contribution in [3.05, 3.63) is 156 Å². The van der Waals surface area contributed by atoms with Crippen LogP contribution in [0.15, 0.2) is 140 Å². The Bertz CT molecular complexity index is 2840. The van der Waals surface area contributed by atoms with Gasteiger partial charge < -0.3 is 0 Å². The van der Waals surface area contributed by atoms with Gasteiger partial charge in [-0.3, -0.25) is 0 Å². The second-order valence-electron chi connectivity index (χ2n) is 12.5. The number of pyridine rings is 4. The molecule has 0 radical (unpaired) electrons. The minimum atomic E-state index is 0.495. The second kappa shape index (κ2) is 12.3. The molecule has 0 aliphatic rings. The summed E-state index contributed by atoms with van der Waals surface area (Å²) >= 11 is 0. The molecule has 0 fully saturated rings. The number of hydrogen-bond acceptors (Lipinski definition) is 7. The lowest BCUT2D eigenvalue weighted by Crippen LogP contribution is -1.93. The van der Waals surface area contributed by atoms with Gasteiger partial charge in [0.25, 0.3) is 0 Å². The van der Waals surface area contributed by atoms with Crippen LogP contribution in [-0.2, 0) is 0 Å². The van der Waals surface area contributed by atoms with Crippen LogP contribution >= 0.6 is 0 Å². The molecule has 0 N–H and O–H groups in total. The molecule has 9 rings (SSSR count). The smallest absolute Gasteiger partial charge is 0.0992 e. The Balaban J connectivity index is 1.15. The normalized spacial score (nSPS) is 11.0. The highest BCUT2D eigenvalue weighted by atomic mass is 14.8. The van der Waals surface area contributed by atoms with Crippen molar-refractivity contribution in [1.82, 2.24) is 19.9 Å². The van der Waals surface area contributed by atoms with Crippen molar-refractivity contribution in [2.75, 3.05) is 0 Å². The molecule has 238 valence electrons. The van der Waals surface area contributed by atoms with Crippen LogP contribution in [0, 0.1) is 34.0 Å². The lowest BCUT2D eigenvalue weighted by atomic mass is 9.99. The summed E-state index contributed by atoms with van der Waals surface area (Å²) in [4.78, 5) is 20.3. The van der Waals surface area contributed by atoms with Gasteiger partial charge in [0.2, 0.25) is 0 Å². The number of fused-ring (bicyclic) bond motifs is 6. The molecule has 0 atom stereocenters. The van der Waals surface area contributed by atoms with E-state index in [0.29, 0.717) is 28.1 Å². The predicted octanol–water partition coefficient (Wildman–Crippen LogP) is 10.2. The van der Waals surface area contributed by atoms with Crippen LogP contribution in [0.4, 0.5) is 0 Å². The van der Waals surface area contributed by atoms with Gasteiger partial charge >= 0.3 is 0 Å². The second-order valence-corrected chi connectivity index (χ2v) is 12.5. The van der Waals surface area contributed by atoms with E-state index in [1.807, 2.05) is 115 Å². The highest BCUT2D eigenvalue weighted by Crippen LogP contribution is 2.33. The summed E-state index contributed by atoms with van der Waals surface area (Å²) in [6.45, 7) is 0. The number of nitrogens with zero attached hydrogens (tertiary/aromatic N) is 7. The molecule has 7 nitrogen and oxygen atoms in total. The minimum absolute atomic E-state index is 0.495. The zero-order valence-corrected chi connectivity index (χ0v) is 27.4. The van der Waals surface area contributed by atoms with Crippen molar-refractivity contribution in [2.24, 2.45) is 0 Å². The van der Waals surface area contributed by atoms with E-state index < -0.39 is 0 Å². The Kier molecular flexibility index (Phi) is 7.15. The Morgan fingerprint density at radius 3 is 0.885 bits per heavy atom. The zero-order valence-electron chi connectivity index (χ0n) is 27.4. The number of aromatic nitrogens is 4. The molecule has 9 aromatic rings. The highest BCUT2D eigenvalue weighted by Gasteiger charge is 2.14. The van der Waals surface area contributed by atoms with E-state index in [9.17, 15) is 15.8 Å². The molecule has 0 saturated heterocycles. The summed E-state index contributed by atoms with van der Waals surface area (Å²) in [5.74, 6) is 0. The molecule has 4 aromatic heterocycles. The van der Waals surface area contributed by atoms with Gasteiger partial charge in [-0.05, 0) is 66.7 Å². The van der Waals surface area contributed by atoms with Crippen molar-refractivity contribution in [3.8, 4) is 63.2 Å². The van der Waals surface area contributed by atoms with Crippen LogP contribution in [0.2, 0.25) is 0 Å². The summed E-state index contributed by atoms with van der Waals surface area (Å²) in [6, 6.07) is 51.3. The van der Waals surface area contributed by atoms with E-state index in [4.69, 9.17) is 19.9 Å². The Hall–Kier alpha value is -7.79. The molecule has 0 unspecified atom stereocenters. The van der Waals surface area contributed by atoms with E-state index in [1.165, 1.54) is 0 Å². The summed E-state index contributed by atoms with van der Waals surface area (Å²) in [5, 5.41) is 32.4. The Labute approximate surface area is 298 Å². The van der Waals surface area contributed by atoms with Crippen molar-refractivity contribution in [1.29, 1.82) is 15.8 Å². The molecule has 52 heavy (non-hydrogen) atoms. The van der Waals surface area contributed by atoms with Crippen LogP contribution in [0.1, 0.15) is 16.7 Å². The standard InChI is InChI=1S/C45H23N7/c46-24-27-1-5-30(6-2-27)38-17-13-32-9-11-34-15-19-40(51-44(34)42(32)49-38)36-21-29(26-48)22-37(23-36)41-20-16-35-12-10-33-14-18-39(50-43(33)45(35)52-41)31-7-3-28(25-47)4-8-31/h1-23H. The fraction of sp³-hybridized carbons (Fsp3) is 0. The molecule has 0 amide bonds. The largest absolute Gasteiger partial charge is 0.245 e. The third kappa shape index (κ3) is 5.31. The van der Waals surface area contributed by atoms with E-state index in [2.05, 4.69) is 18.2 Å². The summed E-state index contributed by atoms with van der Waals surface area (Å²) in [7, 11) is 0. The first-order chi connectivity index (χ1) is 25.6. The molecule has 0 bridgehead atoms. The molecule has 0 saturated carbocycles. The van der Waals surface area contributed by atoms with Crippen LogP contribution in [-0.4, -0.2) is 19.9 Å². The predicted molar refractivity (Wildman–Crippen MR) is 204 cm³/mol. The zero-order chi connectivity index (χ0) is 35.2. The topological polar surface area (TPSA) is 123 Å². The van der Waals surface area contributed by atoms with Crippen LogP contribution in [0.5, 0.6) is 0 Å². The summed E-state index contributed by atoms with van der Waals surface area (Å²) < 4.78 is 0. The lowest BCUT2D eigenvalue weighted by Gasteiger charge is -2.11. The Morgan fingerprint density at radius 2 is 0.577 bits per heavy atom. The molecule has 5 aromatic carbocycles. The SMILES string of the molecule is N#Cc1ccc(-c2ccc3ccc4ccc(-c5cc(C#N)cc(-c6ccc7ccc8ccc(-c9ccc(C#N)cc9)nc8c7n6)c5)nc4c3n2)cc1. The number of nitriles is 3. The average molecular weight is 662 g/mol. The molecule has 0 spiro atoms. The van der Waals surface area contributed by atoms with E-state index >= 15 is 0 Å². The first kappa shape index (κ1) is 30.3. The number of benzene rings is 5. The fourth-order valence-corrected chi connectivity index (χ4v) is 6.60. The van der Waals surface area contributed by atoms with Gasteiger partial charge in [-0.2, -0.15) is 15.8 Å². The maximum atomic E-state index is 10.1. The van der Waals surface area contributed by atoms with Crippen molar-refractivity contribution >= 4 is 43.6 Å². The molecular formula is C45H23N7. The van der Waals surface area contributed by atoms with Gasteiger partial charge in [-0.15, -0.1) is 0 Å². The fourth-order valence-electron chi connectivity index (χ4n) is 6.60. The molecule has 4 heterocycles. The molecule has 7 heteroatoms. The van der Waals surface area contributed by atoms with Crippen molar-refractivity contribution in [3.63, 3.8) is 0 Å². The van der Waals surface area contributed by atoms with Crippen LogP contribution in [0.3, 0.4) is 0 Å². The van der Waals surface area contributed by atoms with E-state index in [-0.39, 0.29) is 0 Å². The molecular weight excluding hydrogens is 639 g/mol. The third-order valence-electron chi connectivity index (χ3n) is 9.31. The molecule has 0 aliphatic heterocycles. The van der Waals surface area contributed by atoms with Gasteiger partial charge in [0.1, 0.15) is 0 Å². The quantitative estimate of drug-likeness (QED) is 0.172. The van der Waals surface area contributed by atoms with E-state index in [1.54, 1.807) is 24.3 Å². The van der Waals surface area contributed by atoms with Gasteiger partial charge in [0.15, 0.2) is 0 Å². The van der Waals surface area contributed by atoms with Gasteiger partial charge in [0.05, 0.1) is 79.7 Å². The van der Waals surface area contributed by atoms with Gasteiger partial charge in [-0.1, -0.05) is 72.8 Å². The monoisotopic (exact) mass is 661 g/mol. The average Bonchev–Trinajstić information content (AvgIpc) is 3.22. The highest BCUT2D eigenvalue weighted by molar-refractivity contribution is 6.05. The lowest BCUT2D eigenvalue weighted by molar-refractivity contribution is 1.35. The minimum Gasteiger partial charge on any atom is -0.245 e. The van der Waals surface area contributed by atoms with Crippen molar-refractivity contribution in [2.45, 2.75) is 0 Å². The first-order valence-corrected chi connectivity index (χ1v) is 16.5. The van der Waals surface area contributed by atoms with Gasteiger partial charge in [-0.25, -0.2) is 19.9 Å². The first-order valence-electron chi connectivity index (χ1n) is 16.5. The maximum absolute atomic E-state index is 10.1. The van der Waals surface area contributed by atoms with E-state index in [0.717, 1.165) is 77.3 Å². The van der Waals surface area contributed by atoms with Crippen LogP contribution < -0.4 is 0 Å². The maximum Gasteiger partial charge on any atom is 0.0992 e. The van der Waals surface area contributed by atoms with Crippen LogP contribution in [0.25, 0.3) is 88.6 Å². The van der Waals surface area contributed by atoms with Crippen molar-refractivity contribution < 1.29 is 0 Å². The summed E-state index contributed by atoms with van der Waals surface area (Å²) in [5.41, 5.74) is 11.2. The number of hydrogen-bond donors (Lipinski definition) is 0. The number of rotatable bonds is 4. The van der Waals surface area contributed by atoms with Gasteiger partial charge in [0, 0.05) is 43.8 Å². The Morgan fingerprint density at radius 1 is 0.288 bits per heavy atom.